The van der Waals surface area contributed by atoms with Crippen molar-refractivity contribution >= 4 is 17.5 Å². The Kier molecular flexibility index (Phi) is 9.82. The number of rotatable bonds is 14. The van der Waals surface area contributed by atoms with Crippen LogP contribution in [0.25, 0.3) is 0 Å². The van der Waals surface area contributed by atoms with Crippen molar-refractivity contribution in [1.29, 1.82) is 0 Å². The van der Waals surface area contributed by atoms with E-state index in [4.69, 9.17) is 9.47 Å². The molecule has 1 heterocycles. The number of Topliss-reactive ketones (excluding diaryl/α,β-unsaturated/α-hetero) is 2. The van der Waals surface area contributed by atoms with Gasteiger partial charge in [0.15, 0.2) is 5.78 Å². The molecule has 1 fully saturated rings. The van der Waals surface area contributed by atoms with Crippen molar-refractivity contribution < 1.29 is 23.9 Å². The molecule has 1 aliphatic heterocycles. The van der Waals surface area contributed by atoms with Gasteiger partial charge in [-0.2, -0.15) is 0 Å². The van der Waals surface area contributed by atoms with Crippen LogP contribution in [0.4, 0.5) is 0 Å². The molecular formula is C29H36N2O5. The van der Waals surface area contributed by atoms with Crippen molar-refractivity contribution in [1.82, 2.24) is 9.80 Å². The summed E-state index contributed by atoms with van der Waals surface area (Å²) in [6.45, 7) is 13.3. The molecule has 1 aliphatic rings. The Morgan fingerprint density at radius 3 is 2.39 bits per heavy atom. The monoisotopic (exact) mass is 492 g/mol. The molecule has 2 aromatic carbocycles. The molecule has 0 saturated carbocycles. The van der Waals surface area contributed by atoms with Gasteiger partial charge in [0, 0.05) is 18.7 Å². The first kappa shape index (κ1) is 27.1. The quantitative estimate of drug-likeness (QED) is 0.169. The van der Waals surface area contributed by atoms with Gasteiger partial charge >= 0.3 is 0 Å². The first-order valence-electron chi connectivity index (χ1n) is 12.6. The summed E-state index contributed by atoms with van der Waals surface area (Å²) in [4.78, 5) is 43.9. The van der Waals surface area contributed by atoms with Crippen molar-refractivity contribution in [2.24, 2.45) is 5.92 Å². The van der Waals surface area contributed by atoms with E-state index in [0.29, 0.717) is 48.9 Å². The van der Waals surface area contributed by atoms with E-state index in [-0.39, 0.29) is 5.78 Å². The molecule has 1 saturated heterocycles. The molecule has 0 bridgehead atoms. The van der Waals surface area contributed by atoms with Gasteiger partial charge < -0.3 is 19.3 Å². The lowest BCUT2D eigenvalue weighted by Gasteiger charge is -2.29. The summed E-state index contributed by atoms with van der Waals surface area (Å²) >= 11 is 0. The number of hydrogen-bond donors (Lipinski definition) is 0. The molecule has 7 nitrogen and oxygen atoms in total. The fourth-order valence-electron chi connectivity index (χ4n) is 4.45. The minimum absolute atomic E-state index is 0.326. The van der Waals surface area contributed by atoms with Crippen molar-refractivity contribution in [3.63, 3.8) is 0 Å². The number of ketones is 2. The number of carbonyl (C=O) groups excluding carboxylic acids is 3. The zero-order valence-corrected chi connectivity index (χ0v) is 21.4. The lowest BCUT2D eigenvalue weighted by Crippen LogP contribution is -2.38. The highest BCUT2D eigenvalue weighted by molar-refractivity contribution is 6.44. The summed E-state index contributed by atoms with van der Waals surface area (Å²) in [5.41, 5.74) is 1.07. The van der Waals surface area contributed by atoms with Crippen LogP contribution in [-0.4, -0.2) is 66.7 Å². The van der Waals surface area contributed by atoms with Crippen molar-refractivity contribution in [3.05, 3.63) is 72.3 Å². The third kappa shape index (κ3) is 6.21. The van der Waals surface area contributed by atoms with E-state index >= 15 is 0 Å². The van der Waals surface area contributed by atoms with Crippen LogP contribution in [0.3, 0.4) is 0 Å². The van der Waals surface area contributed by atoms with Gasteiger partial charge in [-0.15, -0.1) is 0 Å². The van der Waals surface area contributed by atoms with Crippen molar-refractivity contribution in [2.75, 3.05) is 39.4 Å². The zero-order chi connectivity index (χ0) is 26.1. The molecule has 0 spiro atoms. The number of amides is 1. The third-order valence-electron chi connectivity index (χ3n) is 6.42. The highest BCUT2D eigenvalue weighted by Crippen LogP contribution is 2.39. The number of ether oxygens (including phenoxy) is 2. The number of likely N-dealkylation sites (tertiary alicyclic amines) is 1. The largest absolute Gasteiger partial charge is 0.494 e. The summed E-state index contributed by atoms with van der Waals surface area (Å²) in [5, 5.41) is 0. The predicted octanol–water partition coefficient (Wildman–Crippen LogP) is 4.33. The first-order valence-corrected chi connectivity index (χ1v) is 12.6. The highest BCUT2D eigenvalue weighted by Gasteiger charge is 2.51. The number of hydrogen-bond acceptors (Lipinski definition) is 6. The van der Waals surface area contributed by atoms with Gasteiger partial charge in [0.25, 0.3) is 5.91 Å². The van der Waals surface area contributed by atoms with Gasteiger partial charge in [0.2, 0.25) is 5.78 Å². The van der Waals surface area contributed by atoms with Crippen LogP contribution < -0.4 is 9.47 Å². The summed E-state index contributed by atoms with van der Waals surface area (Å²) in [6.07, 6.45) is 2.52. The van der Waals surface area contributed by atoms with E-state index in [1.54, 1.807) is 47.4 Å². The van der Waals surface area contributed by atoms with Gasteiger partial charge in [-0.05, 0) is 61.5 Å². The fraction of sp³-hybridized carbons (Fsp3) is 0.414. The predicted molar refractivity (Wildman–Crippen MR) is 139 cm³/mol. The van der Waals surface area contributed by atoms with Crippen LogP contribution in [0.5, 0.6) is 11.5 Å². The average molecular weight is 493 g/mol. The summed E-state index contributed by atoms with van der Waals surface area (Å²) in [6, 6.07) is 13.3. The zero-order valence-electron chi connectivity index (χ0n) is 21.4. The van der Waals surface area contributed by atoms with Crippen LogP contribution in [0.15, 0.2) is 61.2 Å². The number of benzene rings is 2. The number of likely N-dealkylation sites (N-methyl/N-ethyl adjacent to an activating group) is 1. The smallest absolute Gasteiger partial charge is 0.291 e. The van der Waals surface area contributed by atoms with Crippen molar-refractivity contribution in [2.45, 2.75) is 33.2 Å². The van der Waals surface area contributed by atoms with Crippen LogP contribution in [0, 0.1) is 5.92 Å². The van der Waals surface area contributed by atoms with E-state index in [9.17, 15) is 14.4 Å². The second kappa shape index (κ2) is 13.0. The van der Waals surface area contributed by atoms with Gasteiger partial charge in [-0.3, -0.25) is 14.4 Å². The second-order valence-corrected chi connectivity index (χ2v) is 8.72. The van der Waals surface area contributed by atoms with Crippen molar-refractivity contribution in [3.8, 4) is 11.5 Å². The lowest BCUT2D eigenvalue weighted by atomic mass is 9.86. The summed E-state index contributed by atoms with van der Waals surface area (Å²) < 4.78 is 11.3. The Morgan fingerprint density at radius 1 is 1.03 bits per heavy atom. The molecule has 0 aromatic heterocycles. The maximum atomic E-state index is 13.7. The van der Waals surface area contributed by atoms with Gasteiger partial charge in [-0.1, -0.05) is 45.6 Å². The number of carbonyl (C=O) groups is 3. The molecule has 0 aliphatic carbocycles. The molecule has 7 heteroatoms. The van der Waals surface area contributed by atoms with E-state index < -0.39 is 23.7 Å². The van der Waals surface area contributed by atoms with Crippen LogP contribution >= 0.6 is 0 Å². The first-order chi connectivity index (χ1) is 17.4. The van der Waals surface area contributed by atoms with Crippen LogP contribution in [0.2, 0.25) is 0 Å². The minimum Gasteiger partial charge on any atom is -0.494 e. The molecule has 2 unspecified atom stereocenters. The average Bonchev–Trinajstić information content (AvgIpc) is 3.16. The molecular weight excluding hydrogens is 456 g/mol. The Balaban J connectivity index is 1.97. The summed E-state index contributed by atoms with van der Waals surface area (Å²) in [7, 11) is 0. The normalized spacial score (nSPS) is 17.5. The van der Waals surface area contributed by atoms with E-state index in [2.05, 4.69) is 25.3 Å². The lowest BCUT2D eigenvalue weighted by molar-refractivity contribution is -0.140. The van der Waals surface area contributed by atoms with E-state index in [1.807, 2.05) is 19.1 Å². The van der Waals surface area contributed by atoms with E-state index in [0.717, 1.165) is 19.5 Å². The van der Waals surface area contributed by atoms with Crippen LogP contribution in [0.1, 0.15) is 49.2 Å². The SMILES string of the molecule is C=CCOc1cccc(C2C(C(=O)c3ccc(OCCC)cc3)C(=O)C(=O)N2CCN(CC)CC)c1. The maximum absolute atomic E-state index is 13.7. The summed E-state index contributed by atoms with van der Waals surface area (Å²) in [5.74, 6) is -1.55. The molecule has 0 radical (unpaired) electrons. The molecule has 192 valence electrons. The van der Waals surface area contributed by atoms with Gasteiger partial charge in [0.05, 0.1) is 12.6 Å². The minimum atomic E-state index is -1.13. The molecule has 2 atom stereocenters. The molecule has 1 amide bonds. The third-order valence-corrected chi connectivity index (χ3v) is 6.42. The number of nitrogens with zero attached hydrogens (tertiary/aromatic N) is 2. The molecule has 2 aromatic rings. The fourth-order valence-corrected chi connectivity index (χ4v) is 4.45. The Bertz CT molecular complexity index is 1060. The van der Waals surface area contributed by atoms with Crippen LogP contribution in [-0.2, 0) is 9.59 Å². The standard InChI is InChI=1S/C29H36N2O5/c1-5-18-35-23-14-12-21(13-15-23)27(32)25-26(22-10-9-11-24(20-22)36-19-6-2)31(29(34)28(25)33)17-16-30(7-3)8-4/h6,9-15,20,25-26H,2,5,7-8,16-19H2,1,3-4H3. The molecule has 3 rings (SSSR count). The topological polar surface area (TPSA) is 76.1 Å². The maximum Gasteiger partial charge on any atom is 0.291 e. The van der Waals surface area contributed by atoms with E-state index in [1.165, 1.54) is 0 Å². The Morgan fingerprint density at radius 2 is 1.75 bits per heavy atom. The highest BCUT2D eigenvalue weighted by atomic mass is 16.5. The molecule has 0 N–H and O–H groups in total. The Labute approximate surface area is 213 Å². The van der Waals surface area contributed by atoms with Gasteiger partial charge in [0.1, 0.15) is 24.0 Å². The Hall–Kier alpha value is -3.45. The second-order valence-electron chi connectivity index (χ2n) is 8.72. The van der Waals surface area contributed by atoms with Gasteiger partial charge in [-0.25, -0.2) is 0 Å². The molecule has 36 heavy (non-hydrogen) atoms.